The van der Waals surface area contributed by atoms with Crippen LogP contribution in [0.5, 0.6) is 0 Å². The van der Waals surface area contributed by atoms with Crippen molar-refractivity contribution in [3.63, 3.8) is 0 Å². The number of hydrogen-bond acceptors (Lipinski definition) is 16. The van der Waals surface area contributed by atoms with Crippen molar-refractivity contribution < 1.29 is 79.6 Å². The van der Waals surface area contributed by atoms with E-state index in [1.165, 1.54) is 92.0 Å². The zero-order valence-electron chi connectivity index (χ0n) is 47.7. The van der Waals surface area contributed by atoms with E-state index in [9.17, 15) is 69.5 Å². The molecule has 0 fully saturated rings. The number of rotatable bonds is 10. The van der Waals surface area contributed by atoms with Crippen LogP contribution in [0.4, 0.5) is 69.9 Å². The molecule has 10 rings (SSSR count). The summed E-state index contributed by atoms with van der Waals surface area (Å²) in [5.41, 5.74) is 6.38. The lowest BCUT2D eigenvalue weighted by molar-refractivity contribution is -0.138. The number of nitrogens with zero attached hydrogens (tertiary/aromatic N) is 8. The van der Waals surface area contributed by atoms with Crippen LogP contribution in [-0.2, 0) is 56.3 Å². The lowest BCUT2D eigenvalue weighted by atomic mass is 9.79. The summed E-state index contributed by atoms with van der Waals surface area (Å²) in [5.74, 6) is -0.144. The van der Waals surface area contributed by atoms with Crippen LogP contribution >= 0.6 is 46.4 Å². The van der Waals surface area contributed by atoms with E-state index in [4.69, 9.17) is 72.5 Å². The van der Waals surface area contributed by atoms with Crippen molar-refractivity contribution in [2.45, 2.75) is 51.1 Å². The molecule has 0 saturated carbocycles. The highest BCUT2D eigenvalue weighted by Crippen LogP contribution is 2.35. The number of halogens is 16. The molecule has 0 atom stereocenters. The van der Waals surface area contributed by atoms with Crippen molar-refractivity contribution in [2.24, 2.45) is 10.3 Å². The first-order valence-corrected chi connectivity index (χ1v) is 30.8. The molecule has 10 aromatic rings. The molecule has 4 heterocycles. The van der Waals surface area contributed by atoms with Crippen LogP contribution in [0.3, 0.4) is 0 Å². The van der Waals surface area contributed by atoms with Crippen LogP contribution in [0.15, 0.2) is 195 Å². The number of nitrogens with one attached hydrogen (secondary N) is 1. The maximum absolute atomic E-state index is 12.9. The third kappa shape index (κ3) is 30.1. The summed E-state index contributed by atoms with van der Waals surface area (Å²) in [6.45, 7) is 0. The molecule has 0 unspecified atom stereocenters. The minimum Gasteiger partial charge on any atom is -0.423 e. The Morgan fingerprint density at radius 1 is 0.402 bits per heavy atom. The molecule has 0 aliphatic carbocycles. The summed E-state index contributed by atoms with van der Waals surface area (Å²) >= 11 is 22.1. The van der Waals surface area contributed by atoms with Crippen molar-refractivity contribution in [1.29, 1.82) is 0 Å². The Hall–Kier alpha value is -8.64. The molecule has 37 heteroatoms. The second-order valence-electron chi connectivity index (χ2n) is 18.8. The van der Waals surface area contributed by atoms with Crippen LogP contribution in [0.25, 0.3) is 33.8 Å². The number of alkyl halides is 12. The Labute approximate surface area is 567 Å². The van der Waals surface area contributed by atoms with E-state index in [0.29, 0.717) is 78.5 Å². The van der Waals surface area contributed by atoms with Gasteiger partial charge in [0, 0.05) is 52.3 Å². The summed E-state index contributed by atoms with van der Waals surface area (Å²) in [5, 5.41) is 31.2. The number of aromatic nitrogens is 8. The first kappa shape index (κ1) is 82.6. The van der Waals surface area contributed by atoms with E-state index in [-0.39, 0.29) is 42.1 Å². The van der Waals surface area contributed by atoms with Gasteiger partial charge in [-0.2, -0.15) is 52.7 Å². The Morgan fingerprint density at radius 3 is 1.08 bits per heavy atom. The smallest absolute Gasteiger partial charge is 0.423 e. The van der Waals surface area contributed by atoms with Gasteiger partial charge in [-0.05, 0) is 77.3 Å². The van der Waals surface area contributed by atoms with Gasteiger partial charge in [0.2, 0.25) is 20.0 Å². The summed E-state index contributed by atoms with van der Waals surface area (Å²) in [7, 11) is -8.99. The average molecular weight is 1480 g/mol. The van der Waals surface area contributed by atoms with Gasteiger partial charge >= 0.3 is 31.8 Å². The van der Waals surface area contributed by atoms with Crippen LogP contribution in [-0.4, -0.2) is 73.9 Å². The zero-order chi connectivity index (χ0) is 70.5. The van der Waals surface area contributed by atoms with Crippen molar-refractivity contribution in [3.05, 3.63) is 249 Å². The van der Waals surface area contributed by atoms with Gasteiger partial charge in [-0.15, -0.1) is 0 Å². The van der Waals surface area contributed by atoms with Crippen LogP contribution in [0.2, 0.25) is 20.6 Å². The third-order valence-corrected chi connectivity index (χ3v) is 13.7. The Bertz CT molecular complexity index is 4310. The molecule has 0 bridgehead atoms. The molecule has 18 nitrogen and oxygen atoms in total. The van der Waals surface area contributed by atoms with Gasteiger partial charge in [0.05, 0.1) is 50.8 Å². The van der Waals surface area contributed by atoms with Gasteiger partial charge in [0.15, 0.2) is 0 Å². The van der Waals surface area contributed by atoms with Crippen LogP contribution in [0, 0.1) is 0 Å². The van der Waals surface area contributed by atoms with Crippen LogP contribution < -0.4 is 26.8 Å². The molecule has 0 spiro atoms. The number of sulfonamides is 2. The van der Waals surface area contributed by atoms with E-state index >= 15 is 0 Å². The van der Waals surface area contributed by atoms with E-state index < -0.39 is 74.1 Å². The van der Waals surface area contributed by atoms with Crippen LogP contribution in [0.1, 0.15) is 48.2 Å². The van der Waals surface area contributed by atoms with Crippen molar-refractivity contribution >= 4 is 96.2 Å². The SMILES string of the molecule is C.C.Clc1cc(Cl)ncn1.FC(F)(F)c1cccc(-c2cc(Cl)ncn2)c1.FC(F)(F)c1cccc(-c2cc(Cl)ncn2)c1.NS(=O)(=O)Cc1cccc(Nc2cc(-c3cccc(C(F)(F)F)c3)ncn2)c1.Nc1cccc(CS(N)(=O)=O)c1.OB(O)c1cccc(C(F)(F)F)c1. The maximum Gasteiger partial charge on any atom is 0.488 e. The van der Waals surface area contributed by atoms with Gasteiger partial charge in [-0.25, -0.2) is 67.0 Å². The molecule has 0 radical (unpaired) electrons. The Balaban J connectivity index is 0.000000314. The molecule has 6 aromatic carbocycles. The predicted octanol–water partition coefficient (Wildman–Crippen LogP) is 14.8. The minimum atomic E-state index is -4.45. The molecule has 0 aliphatic heterocycles. The fraction of sp³-hybridized carbons (Fsp3) is 0.133. The third-order valence-electron chi connectivity index (χ3n) is 11.4. The van der Waals surface area contributed by atoms with E-state index in [2.05, 4.69) is 45.2 Å². The number of hydrogen-bond donors (Lipinski definition) is 6. The maximum atomic E-state index is 12.9. The molecule has 4 aromatic heterocycles. The fourth-order valence-corrected chi connectivity index (χ4v) is 9.29. The second-order valence-corrected chi connectivity index (χ2v) is 23.6. The monoisotopic (exact) mass is 1480 g/mol. The van der Waals surface area contributed by atoms with E-state index in [1.807, 2.05) is 0 Å². The van der Waals surface area contributed by atoms with Gasteiger partial charge in [0.1, 0.15) is 51.7 Å². The largest absolute Gasteiger partial charge is 0.488 e. The van der Waals surface area contributed by atoms with Crippen molar-refractivity contribution in [2.75, 3.05) is 11.1 Å². The molecular formula is C60H53BCl4F12N12O6S2. The van der Waals surface area contributed by atoms with Crippen molar-refractivity contribution in [3.8, 4) is 33.8 Å². The second kappa shape index (κ2) is 36.6. The Kier molecular flexibility index (Phi) is 31.2. The van der Waals surface area contributed by atoms with E-state index in [1.54, 1.807) is 48.5 Å². The van der Waals surface area contributed by atoms with Gasteiger partial charge in [-0.1, -0.05) is 146 Å². The minimum absolute atomic E-state index is 0. The van der Waals surface area contributed by atoms with Gasteiger partial charge < -0.3 is 21.1 Å². The van der Waals surface area contributed by atoms with Crippen molar-refractivity contribution in [1.82, 2.24) is 39.9 Å². The standard InChI is InChI=1S/C18H15F3N4O2S.2C11H6ClF3N2.C7H6BF3O2.C7H10N2O2S.C4H2Cl2N2.2CH4/c19-18(20,21)14-5-2-4-13(8-14)16-9-17(24-11-23-16)25-15-6-1-3-12(7-15)10-28(22,26)27;2*12-10-5-9(16-6-17-10)7-2-1-3-8(4-7)11(13,14)15;9-7(10,11)5-2-1-3-6(4-5)8(12)13;8-7-3-1-2-6(4-7)5-12(9,10)11;5-3-1-4(6)8-2-7-3;;/h1-9,11H,10H2,(H2,22,26,27)(H,23,24,25);2*1-6H;1-4,12-13H;1-4H,5,8H2,(H2,9,10,11);1-2H;2*1H4. The number of nitrogens with two attached hydrogens (primary N) is 3. The molecule has 0 aliphatic rings. The molecule has 9 N–H and O–H groups in total. The number of nitrogen functional groups attached to an aromatic ring is 1. The molecule has 516 valence electrons. The molecule has 0 saturated heterocycles. The van der Waals surface area contributed by atoms with Gasteiger partial charge in [-0.3, -0.25) is 0 Å². The number of benzene rings is 6. The highest BCUT2D eigenvalue weighted by atomic mass is 35.5. The average Bonchev–Trinajstić information content (AvgIpc) is 1.03. The predicted molar refractivity (Wildman–Crippen MR) is 348 cm³/mol. The molecular weight excluding hydrogens is 1430 g/mol. The first-order valence-electron chi connectivity index (χ1n) is 25.9. The quantitative estimate of drug-likeness (QED) is 0.0321. The summed E-state index contributed by atoms with van der Waals surface area (Å²) in [6, 6.07) is 37.5. The fourth-order valence-electron chi connectivity index (χ4n) is 7.35. The lowest BCUT2D eigenvalue weighted by Gasteiger charge is -2.10. The van der Waals surface area contributed by atoms with Gasteiger partial charge in [0.25, 0.3) is 0 Å². The summed E-state index contributed by atoms with van der Waals surface area (Å²) in [6.07, 6.45) is -12.7. The lowest BCUT2D eigenvalue weighted by Crippen LogP contribution is -2.30. The first-order chi connectivity index (χ1) is 44.2. The topological polar surface area (TPSA) is 302 Å². The number of primary sulfonamides is 2. The summed E-state index contributed by atoms with van der Waals surface area (Å²) in [4.78, 5) is 30.4. The number of anilines is 3. The zero-order valence-corrected chi connectivity index (χ0v) is 52.3. The Morgan fingerprint density at radius 2 is 0.732 bits per heavy atom. The molecule has 97 heavy (non-hydrogen) atoms. The normalized spacial score (nSPS) is 11.2. The summed E-state index contributed by atoms with van der Waals surface area (Å²) < 4.78 is 194. The van der Waals surface area contributed by atoms with E-state index in [0.717, 1.165) is 48.5 Å². The highest BCUT2D eigenvalue weighted by molar-refractivity contribution is 7.88. The molecule has 0 amide bonds. The highest BCUT2D eigenvalue weighted by Gasteiger charge is 2.33.